The van der Waals surface area contributed by atoms with Crippen LogP contribution in [0.3, 0.4) is 0 Å². The highest BCUT2D eigenvalue weighted by Crippen LogP contribution is 2.57. The molecule has 0 fully saturated rings. The molecule has 24 heavy (non-hydrogen) atoms. The Labute approximate surface area is 153 Å². The van der Waals surface area contributed by atoms with E-state index in [1.807, 2.05) is 12.1 Å². The summed E-state index contributed by atoms with van der Waals surface area (Å²) in [5.74, 6) is -0.285. The maximum Gasteiger partial charge on any atom is 0.143 e. The summed E-state index contributed by atoms with van der Waals surface area (Å²) < 4.78 is 15.3. The van der Waals surface area contributed by atoms with Crippen LogP contribution in [0.5, 0.6) is 0 Å². The second-order valence-corrected chi connectivity index (χ2v) is 8.26. The number of benzene rings is 1. The van der Waals surface area contributed by atoms with Crippen molar-refractivity contribution in [3.8, 4) is 0 Å². The second-order valence-electron chi connectivity index (χ2n) is 7.40. The van der Waals surface area contributed by atoms with Crippen LogP contribution < -0.4 is 0 Å². The molecule has 0 saturated carbocycles. The Hall–Kier alpha value is -0.930. The molecule has 0 saturated heterocycles. The van der Waals surface area contributed by atoms with Gasteiger partial charge in [-0.3, -0.25) is 0 Å². The molecule has 0 spiro atoms. The van der Waals surface area contributed by atoms with Gasteiger partial charge in [0.05, 0.1) is 4.47 Å². The van der Waals surface area contributed by atoms with Crippen molar-refractivity contribution in [1.29, 1.82) is 0 Å². The van der Waals surface area contributed by atoms with E-state index in [2.05, 4.69) is 55.4 Å². The summed E-state index contributed by atoms with van der Waals surface area (Å²) in [6.07, 6.45) is 10.2. The van der Waals surface area contributed by atoms with Crippen molar-refractivity contribution >= 4 is 15.9 Å². The van der Waals surface area contributed by atoms with Crippen LogP contribution in [0.4, 0.5) is 4.39 Å². The first-order valence-electron chi connectivity index (χ1n) is 8.75. The van der Waals surface area contributed by atoms with Gasteiger partial charge in [0.25, 0.3) is 0 Å². The number of halogens is 2. The molecule has 1 N–H and O–H groups in total. The highest BCUT2D eigenvalue weighted by Gasteiger charge is 2.56. The monoisotopic (exact) mass is 394 g/mol. The Bertz CT molecular complexity index is 635. The van der Waals surface area contributed by atoms with E-state index in [0.29, 0.717) is 16.5 Å². The molecule has 0 aliphatic heterocycles. The Morgan fingerprint density at radius 2 is 2.08 bits per heavy atom. The Morgan fingerprint density at radius 3 is 2.71 bits per heavy atom. The molecule has 0 amide bonds. The summed E-state index contributed by atoms with van der Waals surface area (Å²) in [6, 6.07) is 3.69. The van der Waals surface area contributed by atoms with Gasteiger partial charge in [-0.2, -0.15) is 0 Å². The van der Waals surface area contributed by atoms with Gasteiger partial charge < -0.3 is 5.11 Å². The van der Waals surface area contributed by atoms with Crippen LogP contribution in [-0.2, 0) is 12.0 Å². The largest absolute Gasteiger partial charge is 0.384 e. The molecule has 0 bridgehead atoms. The second kappa shape index (κ2) is 7.53. The Kier molecular flexibility index (Phi) is 6.09. The lowest BCUT2D eigenvalue weighted by Gasteiger charge is -2.43. The van der Waals surface area contributed by atoms with Gasteiger partial charge in [-0.25, -0.2) is 4.39 Å². The molecular formula is C21H28BrFO. The number of allylic oxidation sites excluding steroid dienone is 3. The van der Waals surface area contributed by atoms with Gasteiger partial charge in [0.1, 0.15) is 11.4 Å². The van der Waals surface area contributed by atoms with E-state index in [-0.39, 0.29) is 17.2 Å². The number of rotatable bonds is 7. The standard InChI is InChI=1S/C21H28BrFO/c1-5-7-8-9-10-11-16(6-2)21(24)18-15(14-20(21,3)4)12-13-17(22)19(18)23/h5,8-9,12-13,16,24H,1,6-7,10-11,14H2,2-4H3/b9-8+. The van der Waals surface area contributed by atoms with Crippen LogP contribution in [0, 0.1) is 17.2 Å². The van der Waals surface area contributed by atoms with Gasteiger partial charge in [-0.05, 0) is 59.2 Å². The molecule has 1 aromatic carbocycles. The van der Waals surface area contributed by atoms with Crippen LogP contribution in [-0.4, -0.2) is 5.11 Å². The van der Waals surface area contributed by atoms with Gasteiger partial charge in [-0.1, -0.05) is 51.5 Å². The van der Waals surface area contributed by atoms with Crippen molar-refractivity contribution in [2.45, 2.75) is 58.5 Å². The highest BCUT2D eigenvalue weighted by atomic mass is 79.9. The zero-order valence-corrected chi connectivity index (χ0v) is 16.5. The molecule has 1 aromatic rings. The quantitative estimate of drug-likeness (QED) is 0.538. The molecule has 0 heterocycles. The van der Waals surface area contributed by atoms with Crippen molar-refractivity contribution in [1.82, 2.24) is 0 Å². The van der Waals surface area contributed by atoms with E-state index in [0.717, 1.165) is 31.2 Å². The number of fused-ring (bicyclic) bond motifs is 1. The van der Waals surface area contributed by atoms with E-state index in [1.54, 1.807) is 6.07 Å². The normalized spacial score (nSPS) is 23.4. The summed E-state index contributed by atoms with van der Waals surface area (Å²) in [6.45, 7) is 9.90. The molecule has 1 nitrogen and oxygen atoms in total. The Balaban J connectivity index is 2.38. The van der Waals surface area contributed by atoms with Gasteiger partial charge >= 0.3 is 0 Å². The highest BCUT2D eigenvalue weighted by molar-refractivity contribution is 9.10. The van der Waals surface area contributed by atoms with E-state index >= 15 is 0 Å². The van der Waals surface area contributed by atoms with E-state index in [9.17, 15) is 9.50 Å². The number of hydrogen-bond donors (Lipinski definition) is 1. The van der Waals surface area contributed by atoms with Crippen LogP contribution >= 0.6 is 15.9 Å². The first-order chi connectivity index (χ1) is 11.3. The molecule has 0 aromatic heterocycles. The third-order valence-electron chi connectivity index (χ3n) is 5.46. The maximum atomic E-state index is 14.9. The number of aliphatic hydroxyl groups is 1. The zero-order chi connectivity index (χ0) is 18.0. The minimum Gasteiger partial charge on any atom is -0.384 e. The van der Waals surface area contributed by atoms with Crippen LogP contribution in [0.1, 0.15) is 57.6 Å². The first-order valence-corrected chi connectivity index (χ1v) is 9.54. The summed E-state index contributed by atoms with van der Waals surface area (Å²) in [7, 11) is 0. The molecule has 2 unspecified atom stereocenters. The molecule has 132 valence electrons. The lowest BCUT2D eigenvalue weighted by molar-refractivity contribution is -0.113. The van der Waals surface area contributed by atoms with E-state index in [4.69, 9.17) is 0 Å². The SMILES string of the molecule is C=CC/C=C/CCC(CC)C1(O)c2c(ccc(Br)c2F)CC1(C)C. The summed E-state index contributed by atoms with van der Waals surface area (Å²) in [5.41, 5.74) is -0.0904. The first kappa shape index (κ1) is 19.4. The van der Waals surface area contributed by atoms with Crippen LogP contribution in [0.25, 0.3) is 0 Å². The molecule has 1 aliphatic carbocycles. The summed E-state index contributed by atoms with van der Waals surface area (Å²) in [4.78, 5) is 0. The average Bonchev–Trinajstić information content (AvgIpc) is 2.74. The van der Waals surface area contributed by atoms with Crippen LogP contribution in [0.2, 0.25) is 0 Å². The van der Waals surface area contributed by atoms with E-state index in [1.165, 1.54) is 0 Å². The lowest BCUT2D eigenvalue weighted by Crippen LogP contribution is -2.45. The number of hydrogen-bond acceptors (Lipinski definition) is 1. The third kappa shape index (κ3) is 3.25. The average molecular weight is 395 g/mol. The lowest BCUT2D eigenvalue weighted by atomic mass is 9.66. The fourth-order valence-corrected chi connectivity index (χ4v) is 4.50. The van der Waals surface area contributed by atoms with Crippen molar-refractivity contribution < 1.29 is 9.50 Å². The molecular weight excluding hydrogens is 367 g/mol. The van der Waals surface area contributed by atoms with Gasteiger partial charge in [-0.15, -0.1) is 6.58 Å². The Morgan fingerprint density at radius 1 is 1.38 bits per heavy atom. The third-order valence-corrected chi connectivity index (χ3v) is 6.07. The van der Waals surface area contributed by atoms with Gasteiger partial charge in [0.2, 0.25) is 0 Å². The maximum absolute atomic E-state index is 14.9. The predicted molar refractivity (Wildman–Crippen MR) is 102 cm³/mol. The van der Waals surface area contributed by atoms with Gasteiger partial charge in [0.15, 0.2) is 0 Å². The van der Waals surface area contributed by atoms with Crippen LogP contribution in [0.15, 0.2) is 41.4 Å². The topological polar surface area (TPSA) is 20.2 Å². The molecule has 2 rings (SSSR count). The molecule has 3 heteroatoms. The van der Waals surface area contributed by atoms with Crippen molar-refractivity contribution in [3.63, 3.8) is 0 Å². The summed E-state index contributed by atoms with van der Waals surface area (Å²) >= 11 is 3.28. The van der Waals surface area contributed by atoms with E-state index < -0.39 is 5.60 Å². The zero-order valence-electron chi connectivity index (χ0n) is 14.9. The van der Waals surface area contributed by atoms with Crippen molar-refractivity contribution in [3.05, 3.63) is 58.4 Å². The van der Waals surface area contributed by atoms with Gasteiger partial charge in [0, 0.05) is 11.0 Å². The smallest absolute Gasteiger partial charge is 0.143 e. The molecule has 1 aliphatic rings. The minimum atomic E-state index is -1.14. The minimum absolute atomic E-state index is 0.0194. The predicted octanol–water partition coefficient (Wildman–Crippen LogP) is 6.30. The molecule has 0 radical (unpaired) electrons. The molecule has 2 atom stereocenters. The fraction of sp³-hybridized carbons (Fsp3) is 0.524. The fourth-order valence-electron chi connectivity index (χ4n) is 4.17. The van der Waals surface area contributed by atoms with Crippen molar-refractivity contribution in [2.24, 2.45) is 11.3 Å². The summed E-state index contributed by atoms with van der Waals surface area (Å²) in [5, 5.41) is 11.7. The van der Waals surface area contributed by atoms with Crippen molar-refractivity contribution in [2.75, 3.05) is 0 Å².